The van der Waals surface area contributed by atoms with Crippen LogP contribution in [-0.4, -0.2) is 73.1 Å². The second-order valence-corrected chi connectivity index (χ2v) is 9.45. The van der Waals surface area contributed by atoms with Crippen molar-refractivity contribution in [2.75, 3.05) is 46.5 Å². The molecule has 0 radical (unpaired) electrons. The van der Waals surface area contributed by atoms with Crippen LogP contribution in [0.15, 0.2) is 52.5 Å². The fourth-order valence-corrected chi connectivity index (χ4v) is 5.01. The number of rotatable bonds is 7. The second-order valence-electron chi connectivity index (χ2n) is 8.54. The molecule has 180 valence electrons. The van der Waals surface area contributed by atoms with Gasteiger partial charge in [0, 0.05) is 36.2 Å². The minimum atomic E-state index is -0.663. The van der Waals surface area contributed by atoms with Crippen LogP contribution in [0.25, 0.3) is 5.76 Å². The van der Waals surface area contributed by atoms with Gasteiger partial charge in [0.15, 0.2) is 0 Å². The van der Waals surface area contributed by atoms with E-state index in [1.165, 1.54) is 0 Å². The van der Waals surface area contributed by atoms with Crippen molar-refractivity contribution in [3.8, 4) is 5.75 Å². The number of carbonyl (C=O) groups excluding carboxylic acids is 2. The zero-order chi connectivity index (χ0) is 24.2. The summed E-state index contributed by atoms with van der Waals surface area (Å²) in [6, 6.07) is 12.1. The standard InChI is InChI=1S/C26H29BrN2O5/c1-17-15-20(33-2)7-8-21(17)24(30)22-23(18-5-3-6-19(27)16-18)29(26(32)25(22)31)10-4-9-28-11-13-34-14-12-28/h3,5-8,15-16,23,30H,4,9-14H2,1-2H3/t23-/m0/s1. The molecule has 1 N–H and O–H groups in total. The Labute approximate surface area is 208 Å². The molecule has 34 heavy (non-hydrogen) atoms. The third-order valence-electron chi connectivity index (χ3n) is 6.37. The lowest BCUT2D eigenvalue weighted by Gasteiger charge is -2.29. The summed E-state index contributed by atoms with van der Waals surface area (Å²) >= 11 is 3.49. The van der Waals surface area contributed by atoms with E-state index < -0.39 is 17.7 Å². The molecule has 2 saturated heterocycles. The highest BCUT2D eigenvalue weighted by Gasteiger charge is 2.46. The topological polar surface area (TPSA) is 79.3 Å². The number of aliphatic hydroxyl groups is 1. The largest absolute Gasteiger partial charge is 0.507 e. The molecule has 2 aromatic rings. The first-order valence-electron chi connectivity index (χ1n) is 11.4. The number of ketones is 1. The molecule has 0 unspecified atom stereocenters. The van der Waals surface area contributed by atoms with Crippen molar-refractivity contribution in [2.24, 2.45) is 0 Å². The van der Waals surface area contributed by atoms with Gasteiger partial charge in [-0.1, -0.05) is 28.1 Å². The van der Waals surface area contributed by atoms with E-state index in [4.69, 9.17) is 9.47 Å². The van der Waals surface area contributed by atoms with Crippen LogP contribution in [0.1, 0.15) is 29.2 Å². The molecule has 2 aliphatic heterocycles. The van der Waals surface area contributed by atoms with Gasteiger partial charge in [0.2, 0.25) is 0 Å². The van der Waals surface area contributed by atoms with Crippen molar-refractivity contribution >= 4 is 33.4 Å². The van der Waals surface area contributed by atoms with Crippen LogP contribution < -0.4 is 4.74 Å². The zero-order valence-corrected chi connectivity index (χ0v) is 21.0. The normalized spacial score (nSPS) is 20.7. The van der Waals surface area contributed by atoms with Gasteiger partial charge in [0.1, 0.15) is 11.5 Å². The summed E-state index contributed by atoms with van der Waals surface area (Å²) in [4.78, 5) is 30.3. The highest BCUT2D eigenvalue weighted by molar-refractivity contribution is 9.10. The van der Waals surface area contributed by atoms with Crippen LogP contribution >= 0.6 is 15.9 Å². The lowest BCUT2D eigenvalue weighted by molar-refractivity contribution is -0.140. The van der Waals surface area contributed by atoms with Crippen LogP contribution in [0.5, 0.6) is 5.75 Å². The second kappa shape index (κ2) is 10.7. The van der Waals surface area contributed by atoms with Crippen LogP contribution in [0.2, 0.25) is 0 Å². The van der Waals surface area contributed by atoms with Gasteiger partial charge in [0.05, 0.1) is 31.9 Å². The Kier molecular flexibility index (Phi) is 7.70. The predicted octanol–water partition coefficient (Wildman–Crippen LogP) is 3.91. The molecule has 0 bridgehead atoms. The summed E-state index contributed by atoms with van der Waals surface area (Å²) in [5.74, 6) is -0.760. The van der Waals surface area contributed by atoms with E-state index in [9.17, 15) is 14.7 Å². The number of carbonyl (C=O) groups is 2. The number of morpholine rings is 1. The number of aliphatic hydroxyl groups excluding tert-OH is 1. The van der Waals surface area contributed by atoms with Gasteiger partial charge in [-0.2, -0.15) is 0 Å². The number of likely N-dealkylation sites (tertiary alicyclic amines) is 1. The van der Waals surface area contributed by atoms with E-state index in [-0.39, 0.29) is 11.3 Å². The molecule has 1 atom stereocenters. The molecule has 2 fully saturated rings. The number of Topliss-reactive ketones (excluding diaryl/α,β-unsaturated/α-hetero) is 1. The van der Waals surface area contributed by atoms with Gasteiger partial charge in [-0.25, -0.2) is 0 Å². The Morgan fingerprint density at radius 2 is 1.91 bits per heavy atom. The SMILES string of the molecule is COc1ccc(C(O)=C2C(=O)C(=O)N(CCCN3CCOCC3)[C@H]2c2cccc(Br)c2)c(C)c1. The molecule has 2 aliphatic rings. The van der Waals surface area contributed by atoms with Crippen LogP contribution in [0.3, 0.4) is 0 Å². The summed E-state index contributed by atoms with van der Waals surface area (Å²) < 4.78 is 11.5. The number of amides is 1. The Balaban J connectivity index is 1.70. The fraction of sp³-hybridized carbons (Fsp3) is 0.385. The number of benzene rings is 2. The van der Waals surface area contributed by atoms with E-state index in [2.05, 4.69) is 20.8 Å². The van der Waals surface area contributed by atoms with Crippen molar-refractivity contribution < 1.29 is 24.2 Å². The van der Waals surface area contributed by atoms with Crippen molar-refractivity contribution in [1.82, 2.24) is 9.80 Å². The maximum atomic E-state index is 13.2. The summed E-state index contributed by atoms with van der Waals surface area (Å²) in [6.07, 6.45) is 0.721. The highest BCUT2D eigenvalue weighted by atomic mass is 79.9. The van der Waals surface area contributed by atoms with Crippen molar-refractivity contribution in [1.29, 1.82) is 0 Å². The van der Waals surface area contributed by atoms with E-state index in [0.717, 1.165) is 41.7 Å². The monoisotopic (exact) mass is 528 g/mol. The summed E-state index contributed by atoms with van der Waals surface area (Å²) in [5, 5.41) is 11.3. The van der Waals surface area contributed by atoms with Crippen LogP contribution in [0.4, 0.5) is 0 Å². The Morgan fingerprint density at radius 1 is 1.15 bits per heavy atom. The molecule has 2 heterocycles. The number of methoxy groups -OCH3 is 1. The number of hydrogen-bond acceptors (Lipinski definition) is 6. The first kappa shape index (κ1) is 24.4. The van der Waals surface area contributed by atoms with Crippen LogP contribution in [0, 0.1) is 6.92 Å². The molecular formula is C26H29BrN2O5. The third-order valence-corrected chi connectivity index (χ3v) is 6.86. The summed E-state index contributed by atoms with van der Waals surface area (Å²) in [7, 11) is 1.57. The molecular weight excluding hydrogens is 500 g/mol. The molecule has 0 saturated carbocycles. The number of nitrogens with zero attached hydrogens (tertiary/aromatic N) is 2. The minimum Gasteiger partial charge on any atom is -0.507 e. The van der Waals surface area contributed by atoms with Gasteiger partial charge >= 0.3 is 0 Å². The third kappa shape index (κ3) is 5.04. The number of halogens is 1. The number of ether oxygens (including phenoxy) is 2. The predicted molar refractivity (Wildman–Crippen MR) is 133 cm³/mol. The quantitative estimate of drug-likeness (QED) is 0.333. The zero-order valence-electron chi connectivity index (χ0n) is 19.4. The van der Waals surface area contributed by atoms with Gasteiger partial charge in [-0.15, -0.1) is 0 Å². The summed E-state index contributed by atoms with van der Waals surface area (Å²) in [6.45, 7) is 6.22. The summed E-state index contributed by atoms with van der Waals surface area (Å²) in [5.41, 5.74) is 2.14. The van der Waals surface area contributed by atoms with Gasteiger partial charge in [-0.05, 0) is 54.8 Å². The first-order chi connectivity index (χ1) is 16.4. The Bertz CT molecular complexity index is 1110. The molecule has 7 nitrogen and oxygen atoms in total. The Morgan fingerprint density at radius 3 is 2.59 bits per heavy atom. The fourth-order valence-electron chi connectivity index (χ4n) is 4.60. The van der Waals surface area contributed by atoms with E-state index in [0.29, 0.717) is 31.1 Å². The molecule has 0 spiro atoms. The molecule has 2 aromatic carbocycles. The average molecular weight is 529 g/mol. The lowest BCUT2D eigenvalue weighted by atomic mass is 9.94. The van der Waals surface area contributed by atoms with Gasteiger partial charge in [0.25, 0.3) is 11.7 Å². The highest BCUT2D eigenvalue weighted by Crippen LogP contribution is 2.40. The van der Waals surface area contributed by atoms with E-state index in [1.54, 1.807) is 30.2 Å². The lowest BCUT2D eigenvalue weighted by Crippen LogP contribution is -2.38. The van der Waals surface area contributed by atoms with Crippen molar-refractivity contribution in [3.05, 3.63) is 69.2 Å². The van der Waals surface area contributed by atoms with E-state index in [1.807, 2.05) is 31.2 Å². The molecule has 4 rings (SSSR count). The number of hydrogen-bond donors (Lipinski definition) is 1. The molecule has 8 heteroatoms. The maximum absolute atomic E-state index is 13.2. The van der Waals surface area contributed by atoms with Crippen molar-refractivity contribution in [3.63, 3.8) is 0 Å². The average Bonchev–Trinajstić information content (AvgIpc) is 3.09. The Hall–Kier alpha value is -2.68. The van der Waals surface area contributed by atoms with Gasteiger partial charge in [-0.3, -0.25) is 14.5 Å². The van der Waals surface area contributed by atoms with Crippen molar-refractivity contribution in [2.45, 2.75) is 19.4 Å². The molecule has 0 aliphatic carbocycles. The minimum absolute atomic E-state index is 0.114. The van der Waals surface area contributed by atoms with Crippen LogP contribution in [-0.2, 0) is 14.3 Å². The molecule has 0 aromatic heterocycles. The first-order valence-corrected chi connectivity index (χ1v) is 12.2. The smallest absolute Gasteiger partial charge is 0.295 e. The van der Waals surface area contributed by atoms with E-state index >= 15 is 0 Å². The molecule has 1 amide bonds. The number of aryl methyl sites for hydroxylation is 1. The van der Waals surface area contributed by atoms with Gasteiger partial charge < -0.3 is 19.5 Å². The maximum Gasteiger partial charge on any atom is 0.295 e.